The van der Waals surface area contributed by atoms with E-state index < -0.39 is 7.82 Å². The smallest absolute Gasteiger partial charge is 0.287 e. The summed E-state index contributed by atoms with van der Waals surface area (Å²) in [6, 6.07) is 0. The van der Waals surface area contributed by atoms with Crippen LogP contribution >= 0.6 is 7.82 Å². The van der Waals surface area contributed by atoms with Crippen LogP contribution in [0.3, 0.4) is 0 Å². The minimum Gasteiger partial charge on any atom is -0.287 e. The second kappa shape index (κ2) is 15.1. The zero-order chi connectivity index (χ0) is 18.3. The quantitative estimate of drug-likeness (QED) is 0.212. The van der Waals surface area contributed by atoms with Gasteiger partial charge in [-0.1, -0.05) is 72.3 Å². The van der Waals surface area contributed by atoms with E-state index in [4.69, 9.17) is 13.6 Å². The highest BCUT2D eigenvalue weighted by atomic mass is 31.2. The number of phosphoric acid groups is 1. The minimum absolute atomic E-state index is 0.175. The highest BCUT2D eigenvalue weighted by Gasteiger charge is 2.28. The van der Waals surface area contributed by atoms with E-state index in [1.807, 2.05) is 0 Å². The largest absolute Gasteiger partial charge is 0.475 e. The number of rotatable bonds is 17. The van der Waals surface area contributed by atoms with Gasteiger partial charge in [-0.15, -0.1) is 6.58 Å². The summed E-state index contributed by atoms with van der Waals surface area (Å²) < 4.78 is 29.5. The van der Waals surface area contributed by atoms with E-state index in [1.54, 1.807) is 6.08 Å². The SMILES string of the molecule is C=CCOP(=O)(OCC(CC)CCCC)OCC(CC)CCCC. The van der Waals surface area contributed by atoms with Gasteiger partial charge in [0.2, 0.25) is 0 Å². The Balaban J connectivity index is 4.56. The molecule has 0 fully saturated rings. The third kappa shape index (κ3) is 11.4. The van der Waals surface area contributed by atoms with Gasteiger partial charge in [0.05, 0.1) is 19.8 Å². The lowest BCUT2D eigenvalue weighted by atomic mass is 10.0. The second-order valence-electron chi connectivity index (χ2n) is 6.46. The first-order chi connectivity index (χ1) is 11.5. The lowest BCUT2D eigenvalue weighted by Gasteiger charge is -2.23. The normalized spacial score (nSPS) is 16.5. The van der Waals surface area contributed by atoms with Crippen molar-refractivity contribution in [3.8, 4) is 0 Å². The van der Waals surface area contributed by atoms with E-state index in [1.165, 1.54) is 0 Å². The van der Waals surface area contributed by atoms with Crippen LogP contribution in [0.2, 0.25) is 0 Å². The first kappa shape index (κ1) is 23.9. The van der Waals surface area contributed by atoms with Crippen LogP contribution in [0.15, 0.2) is 12.7 Å². The summed E-state index contributed by atoms with van der Waals surface area (Å²) in [5.74, 6) is 0.799. The van der Waals surface area contributed by atoms with Crippen molar-refractivity contribution in [2.75, 3.05) is 19.8 Å². The van der Waals surface area contributed by atoms with E-state index in [2.05, 4.69) is 34.3 Å². The van der Waals surface area contributed by atoms with E-state index in [9.17, 15) is 4.57 Å². The molecule has 144 valence electrons. The number of phosphoric ester groups is 1. The Bertz CT molecular complexity index is 322. The number of hydrogen-bond acceptors (Lipinski definition) is 4. The number of hydrogen-bond donors (Lipinski definition) is 0. The fourth-order valence-electron chi connectivity index (χ4n) is 2.45. The van der Waals surface area contributed by atoms with Crippen molar-refractivity contribution in [2.45, 2.75) is 79.1 Å². The summed E-state index contributed by atoms with van der Waals surface area (Å²) in [6.45, 7) is 13.3. The van der Waals surface area contributed by atoms with Crippen molar-refractivity contribution in [3.63, 3.8) is 0 Å². The molecule has 0 saturated heterocycles. The van der Waals surface area contributed by atoms with Crippen molar-refractivity contribution >= 4 is 7.82 Å². The molecule has 0 aromatic carbocycles. The fourth-order valence-corrected chi connectivity index (χ4v) is 3.74. The molecule has 24 heavy (non-hydrogen) atoms. The van der Waals surface area contributed by atoms with Gasteiger partial charge in [0.15, 0.2) is 0 Å². The van der Waals surface area contributed by atoms with Crippen LogP contribution in [0.4, 0.5) is 0 Å². The molecule has 4 nitrogen and oxygen atoms in total. The Morgan fingerprint density at radius 1 is 0.875 bits per heavy atom. The predicted molar refractivity (Wildman–Crippen MR) is 102 cm³/mol. The molecule has 0 aromatic heterocycles. The van der Waals surface area contributed by atoms with E-state index in [0.717, 1.165) is 51.4 Å². The zero-order valence-electron chi connectivity index (χ0n) is 16.3. The third-order valence-electron chi connectivity index (χ3n) is 4.37. The topological polar surface area (TPSA) is 44.8 Å². The fraction of sp³-hybridized carbons (Fsp3) is 0.895. The van der Waals surface area contributed by atoms with Gasteiger partial charge in [0.1, 0.15) is 0 Å². The second-order valence-corrected chi connectivity index (χ2v) is 8.13. The van der Waals surface area contributed by atoms with Gasteiger partial charge in [-0.2, -0.15) is 0 Å². The van der Waals surface area contributed by atoms with Crippen molar-refractivity contribution in [2.24, 2.45) is 11.8 Å². The van der Waals surface area contributed by atoms with Crippen molar-refractivity contribution in [3.05, 3.63) is 12.7 Å². The summed E-state index contributed by atoms with van der Waals surface area (Å²) in [6.07, 6.45) is 10.4. The number of unbranched alkanes of at least 4 members (excludes halogenated alkanes) is 2. The van der Waals surface area contributed by atoms with Crippen LogP contribution < -0.4 is 0 Å². The maximum absolute atomic E-state index is 12.8. The first-order valence-corrected chi connectivity index (χ1v) is 11.2. The summed E-state index contributed by atoms with van der Waals surface area (Å²) in [7, 11) is -3.51. The molecule has 0 rings (SSSR count). The van der Waals surface area contributed by atoms with Gasteiger partial charge in [-0.05, 0) is 24.7 Å². The molecule has 5 heteroatoms. The summed E-state index contributed by atoms with van der Waals surface area (Å²) in [5.41, 5.74) is 0. The minimum atomic E-state index is -3.51. The van der Waals surface area contributed by atoms with Gasteiger partial charge in [0.25, 0.3) is 0 Å². The summed E-state index contributed by atoms with van der Waals surface area (Å²) in [4.78, 5) is 0. The van der Waals surface area contributed by atoms with E-state index >= 15 is 0 Å². The monoisotopic (exact) mass is 362 g/mol. The van der Waals surface area contributed by atoms with Crippen LogP contribution in [0.5, 0.6) is 0 Å². The predicted octanol–water partition coefficient (Wildman–Crippen LogP) is 6.76. The summed E-state index contributed by atoms with van der Waals surface area (Å²) >= 11 is 0. The van der Waals surface area contributed by atoms with Gasteiger partial charge in [0, 0.05) is 0 Å². The third-order valence-corrected chi connectivity index (χ3v) is 5.77. The molecule has 0 aliphatic carbocycles. The molecule has 0 saturated carbocycles. The van der Waals surface area contributed by atoms with Crippen LogP contribution in [0.1, 0.15) is 79.1 Å². The molecule has 0 aliphatic heterocycles. The molecule has 0 amide bonds. The van der Waals surface area contributed by atoms with Gasteiger partial charge in [-0.3, -0.25) is 13.6 Å². The Labute approximate surface area is 150 Å². The summed E-state index contributed by atoms with van der Waals surface area (Å²) in [5, 5.41) is 0. The molecular formula is C19H39O4P. The van der Waals surface area contributed by atoms with Crippen LogP contribution in [0.25, 0.3) is 0 Å². The van der Waals surface area contributed by atoms with Crippen LogP contribution in [-0.4, -0.2) is 19.8 Å². The Morgan fingerprint density at radius 2 is 1.33 bits per heavy atom. The maximum atomic E-state index is 12.8. The molecule has 0 aliphatic rings. The molecule has 0 bridgehead atoms. The highest BCUT2D eigenvalue weighted by molar-refractivity contribution is 7.48. The first-order valence-electron chi connectivity index (χ1n) is 9.69. The molecule has 2 unspecified atom stereocenters. The maximum Gasteiger partial charge on any atom is 0.475 e. The van der Waals surface area contributed by atoms with Gasteiger partial charge >= 0.3 is 7.82 Å². The van der Waals surface area contributed by atoms with Crippen molar-refractivity contribution in [1.82, 2.24) is 0 Å². The van der Waals surface area contributed by atoms with E-state index in [-0.39, 0.29) is 6.61 Å². The molecule has 0 aromatic rings. The Kier molecular flexibility index (Phi) is 15.0. The van der Waals surface area contributed by atoms with Crippen molar-refractivity contribution < 1.29 is 18.1 Å². The lowest BCUT2D eigenvalue weighted by Crippen LogP contribution is -2.13. The lowest BCUT2D eigenvalue weighted by molar-refractivity contribution is 0.0904. The van der Waals surface area contributed by atoms with Gasteiger partial charge < -0.3 is 0 Å². The Morgan fingerprint density at radius 3 is 1.67 bits per heavy atom. The van der Waals surface area contributed by atoms with Crippen LogP contribution in [0, 0.1) is 11.8 Å². The molecule has 0 N–H and O–H groups in total. The average molecular weight is 362 g/mol. The molecule has 0 spiro atoms. The molecule has 0 radical (unpaired) electrons. The van der Waals surface area contributed by atoms with E-state index in [0.29, 0.717) is 25.0 Å². The highest BCUT2D eigenvalue weighted by Crippen LogP contribution is 2.50. The van der Waals surface area contributed by atoms with Gasteiger partial charge in [-0.25, -0.2) is 4.57 Å². The average Bonchev–Trinajstić information content (AvgIpc) is 2.60. The van der Waals surface area contributed by atoms with Crippen LogP contribution in [-0.2, 0) is 18.1 Å². The molecule has 0 heterocycles. The molecule has 2 atom stereocenters. The molecular weight excluding hydrogens is 323 g/mol. The Hall–Kier alpha value is -0.150. The standard InChI is InChI=1S/C19H39O4P/c1-6-11-13-18(9-4)16-22-24(20,21-15-8-3)23-17-19(10-5)14-12-7-2/h8,18-19H,3,6-7,9-17H2,1-2,4-5H3. The van der Waals surface area contributed by atoms with Crippen molar-refractivity contribution in [1.29, 1.82) is 0 Å². The zero-order valence-corrected chi connectivity index (χ0v) is 17.2.